The highest BCUT2D eigenvalue weighted by Crippen LogP contribution is 2.18. The van der Waals surface area contributed by atoms with E-state index < -0.39 is 0 Å². The standard InChI is InChI=1S/C11H19NO3/c1-8-6-12(7-9(2)15-8)11(13)10-4-3-5-14-10/h8-10H,3-7H2,1-2H3/t8-,9+,10-/m0/s1. The van der Waals surface area contributed by atoms with Crippen molar-refractivity contribution in [1.29, 1.82) is 0 Å². The molecular formula is C11H19NO3. The summed E-state index contributed by atoms with van der Waals surface area (Å²) in [4.78, 5) is 13.9. The maximum absolute atomic E-state index is 12.0. The van der Waals surface area contributed by atoms with Crippen LogP contribution in [-0.2, 0) is 14.3 Å². The van der Waals surface area contributed by atoms with Gasteiger partial charge in [0.1, 0.15) is 6.10 Å². The minimum absolute atomic E-state index is 0.138. The molecule has 0 aliphatic carbocycles. The summed E-state index contributed by atoms with van der Waals surface area (Å²) < 4.78 is 11.0. The SMILES string of the molecule is C[C@@H]1CN(C(=O)[C@@H]2CCCO2)C[C@H](C)O1. The Kier molecular flexibility index (Phi) is 3.26. The van der Waals surface area contributed by atoms with E-state index in [0.29, 0.717) is 13.1 Å². The number of carbonyl (C=O) groups excluding carboxylic acids is 1. The summed E-state index contributed by atoms with van der Waals surface area (Å²) in [5, 5.41) is 0. The molecular weight excluding hydrogens is 194 g/mol. The number of carbonyl (C=O) groups is 1. The molecule has 4 nitrogen and oxygen atoms in total. The fourth-order valence-electron chi connectivity index (χ4n) is 2.33. The Balaban J connectivity index is 1.93. The fraction of sp³-hybridized carbons (Fsp3) is 0.909. The van der Waals surface area contributed by atoms with Gasteiger partial charge < -0.3 is 14.4 Å². The predicted octanol–water partition coefficient (Wildman–Crippen LogP) is 0.801. The van der Waals surface area contributed by atoms with Crippen LogP contribution in [0.15, 0.2) is 0 Å². The molecule has 0 aromatic rings. The quantitative estimate of drug-likeness (QED) is 0.646. The van der Waals surface area contributed by atoms with Gasteiger partial charge >= 0.3 is 0 Å². The normalized spacial score (nSPS) is 36.9. The fourth-order valence-corrected chi connectivity index (χ4v) is 2.33. The summed E-state index contributed by atoms with van der Waals surface area (Å²) >= 11 is 0. The lowest BCUT2D eigenvalue weighted by molar-refractivity contribution is -0.152. The molecule has 0 aromatic carbocycles. The summed E-state index contributed by atoms with van der Waals surface area (Å²) in [6.07, 6.45) is 1.96. The van der Waals surface area contributed by atoms with Crippen LogP contribution in [0.25, 0.3) is 0 Å². The maximum atomic E-state index is 12.0. The second kappa shape index (κ2) is 4.49. The first kappa shape index (κ1) is 10.9. The molecule has 15 heavy (non-hydrogen) atoms. The summed E-state index contributed by atoms with van der Waals surface area (Å²) in [5.41, 5.74) is 0. The van der Waals surface area contributed by atoms with Crippen molar-refractivity contribution in [2.45, 2.75) is 45.0 Å². The van der Waals surface area contributed by atoms with E-state index in [4.69, 9.17) is 9.47 Å². The topological polar surface area (TPSA) is 38.8 Å². The third kappa shape index (κ3) is 2.49. The van der Waals surface area contributed by atoms with E-state index in [1.807, 2.05) is 18.7 Å². The molecule has 0 unspecified atom stereocenters. The molecule has 0 radical (unpaired) electrons. The summed E-state index contributed by atoms with van der Waals surface area (Å²) in [6, 6.07) is 0. The van der Waals surface area contributed by atoms with Crippen LogP contribution in [0.4, 0.5) is 0 Å². The van der Waals surface area contributed by atoms with Crippen molar-refractivity contribution in [3.05, 3.63) is 0 Å². The van der Waals surface area contributed by atoms with E-state index in [0.717, 1.165) is 19.4 Å². The van der Waals surface area contributed by atoms with Crippen LogP contribution in [0.1, 0.15) is 26.7 Å². The van der Waals surface area contributed by atoms with Crippen molar-refractivity contribution in [3.63, 3.8) is 0 Å². The van der Waals surface area contributed by atoms with Crippen molar-refractivity contribution in [2.24, 2.45) is 0 Å². The number of morpholine rings is 1. The molecule has 2 aliphatic rings. The first-order valence-corrected chi connectivity index (χ1v) is 5.72. The van der Waals surface area contributed by atoms with Crippen LogP contribution in [-0.4, -0.2) is 48.8 Å². The molecule has 2 fully saturated rings. The Morgan fingerprint density at radius 2 is 1.93 bits per heavy atom. The maximum Gasteiger partial charge on any atom is 0.251 e. The van der Waals surface area contributed by atoms with E-state index in [1.165, 1.54) is 0 Å². The minimum Gasteiger partial charge on any atom is -0.372 e. The Bertz CT molecular complexity index is 228. The summed E-state index contributed by atoms with van der Waals surface area (Å²) in [6.45, 7) is 6.13. The molecule has 3 atom stereocenters. The van der Waals surface area contributed by atoms with Crippen LogP contribution >= 0.6 is 0 Å². The van der Waals surface area contributed by atoms with Gasteiger partial charge in [0.05, 0.1) is 12.2 Å². The first-order chi connectivity index (χ1) is 7.16. The third-order valence-corrected chi connectivity index (χ3v) is 2.94. The molecule has 0 N–H and O–H groups in total. The molecule has 4 heteroatoms. The van der Waals surface area contributed by atoms with Gasteiger partial charge in [0.2, 0.25) is 0 Å². The number of hydrogen-bond donors (Lipinski definition) is 0. The van der Waals surface area contributed by atoms with Gasteiger partial charge in [-0.05, 0) is 26.7 Å². The molecule has 1 amide bonds. The van der Waals surface area contributed by atoms with Crippen LogP contribution in [0.2, 0.25) is 0 Å². The molecule has 2 saturated heterocycles. The monoisotopic (exact) mass is 213 g/mol. The van der Waals surface area contributed by atoms with Gasteiger partial charge in [-0.2, -0.15) is 0 Å². The van der Waals surface area contributed by atoms with E-state index in [1.54, 1.807) is 0 Å². The molecule has 2 heterocycles. The second-order valence-electron chi connectivity index (χ2n) is 4.50. The highest BCUT2D eigenvalue weighted by molar-refractivity contribution is 5.81. The Hall–Kier alpha value is -0.610. The van der Waals surface area contributed by atoms with Gasteiger partial charge in [-0.1, -0.05) is 0 Å². The number of hydrogen-bond acceptors (Lipinski definition) is 3. The molecule has 2 aliphatic heterocycles. The first-order valence-electron chi connectivity index (χ1n) is 5.72. The smallest absolute Gasteiger partial charge is 0.251 e. The predicted molar refractivity (Wildman–Crippen MR) is 55.6 cm³/mol. The molecule has 0 aromatic heterocycles. The van der Waals surface area contributed by atoms with Crippen molar-refractivity contribution in [2.75, 3.05) is 19.7 Å². The highest BCUT2D eigenvalue weighted by atomic mass is 16.5. The van der Waals surface area contributed by atoms with Crippen molar-refractivity contribution in [3.8, 4) is 0 Å². The lowest BCUT2D eigenvalue weighted by Gasteiger charge is -2.36. The number of rotatable bonds is 1. The van der Waals surface area contributed by atoms with E-state index in [-0.39, 0.29) is 24.2 Å². The Morgan fingerprint density at radius 1 is 1.27 bits per heavy atom. The van der Waals surface area contributed by atoms with Crippen molar-refractivity contribution < 1.29 is 14.3 Å². The summed E-state index contributed by atoms with van der Waals surface area (Å²) in [7, 11) is 0. The lowest BCUT2D eigenvalue weighted by atomic mass is 10.1. The van der Waals surface area contributed by atoms with Gasteiger partial charge in [0.25, 0.3) is 5.91 Å². The third-order valence-electron chi connectivity index (χ3n) is 2.94. The number of amides is 1. The van der Waals surface area contributed by atoms with Crippen molar-refractivity contribution in [1.82, 2.24) is 4.90 Å². The zero-order valence-electron chi connectivity index (χ0n) is 9.44. The van der Waals surface area contributed by atoms with Crippen LogP contribution in [0, 0.1) is 0 Å². The van der Waals surface area contributed by atoms with E-state index in [2.05, 4.69) is 0 Å². The second-order valence-corrected chi connectivity index (χ2v) is 4.50. The van der Waals surface area contributed by atoms with Gasteiger partial charge in [0.15, 0.2) is 0 Å². The Morgan fingerprint density at radius 3 is 2.47 bits per heavy atom. The van der Waals surface area contributed by atoms with Crippen LogP contribution in [0.3, 0.4) is 0 Å². The average molecular weight is 213 g/mol. The van der Waals surface area contributed by atoms with Crippen LogP contribution in [0.5, 0.6) is 0 Å². The van der Waals surface area contributed by atoms with Crippen molar-refractivity contribution >= 4 is 5.91 Å². The van der Waals surface area contributed by atoms with E-state index in [9.17, 15) is 4.79 Å². The minimum atomic E-state index is -0.192. The molecule has 86 valence electrons. The van der Waals surface area contributed by atoms with Gasteiger partial charge in [0, 0.05) is 19.7 Å². The van der Waals surface area contributed by atoms with Crippen LogP contribution < -0.4 is 0 Å². The Labute approximate surface area is 90.5 Å². The number of ether oxygens (including phenoxy) is 2. The van der Waals surface area contributed by atoms with E-state index >= 15 is 0 Å². The number of nitrogens with zero attached hydrogens (tertiary/aromatic N) is 1. The lowest BCUT2D eigenvalue weighted by Crippen LogP contribution is -2.51. The zero-order chi connectivity index (χ0) is 10.8. The summed E-state index contributed by atoms with van der Waals surface area (Å²) in [5.74, 6) is 0.148. The van der Waals surface area contributed by atoms with Gasteiger partial charge in [-0.25, -0.2) is 0 Å². The zero-order valence-corrected chi connectivity index (χ0v) is 9.44. The highest BCUT2D eigenvalue weighted by Gasteiger charge is 2.32. The van der Waals surface area contributed by atoms with Gasteiger partial charge in [-0.15, -0.1) is 0 Å². The molecule has 0 spiro atoms. The average Bonchev–Trinajstić information content (AvgIpc) is 2.67. The molecule has 2 rings (SSSR count). The molecule has 0 saturated carbocycles. The largest absolute Gasteiger partial charge is 0.372 e. The molecule has 0 bridgehead atoms. The van der Waals surface area contributed by atoms with Gasteiger partial charge in [-0.3, -0.25) is 4.79 Å².